The first-order valence-electron chi connectivity index (χ1n) is 5.29. The maximum Gasteiger partial charge on any atom is 0.251 e. The third-order valence-electron chi connectivity index (χ3n) is 2.37. The van der Waals surface area contributed by atoms with Gasteiger partial charge in [0.2, 0.25) is 0 Å². The first-order chi connectivity index (χ1) is 7.67. The molecule has 4 heteroatoms. The molecule has 88 valence electrons. The van der Waals surface area contributed by atoms with Crippen LogP contribution in [0.5, 0.6) is 0 Å². The van der Waals surface area contributed by atoms with Crippen molar-refractivity contribution < 1.29 is 4.79 Å². The number of carbonyl (C=O) groups is 1. The third-order valence-corrected chi connectivity index (χ3v) is 3.11. The predicted molar refractivity (Wildman–Crippen MR) is 68.8 cm³/mol. The van der Waals surface area contributed by atoms with Gasteiger partial charge in [0.25, 0.3) is 5.91 Å². The zero-order valence-corrected chi connectivity index (χ0v) is 10.5. The lowest BCUT2D eigenvalue weighted by Crippen LogP contribution is -2.31. The van der Waals surface area contributed by atoms with Crippen LogP contribution in [-0.2, 0) is 0 Å². The molecule has 1 rings (SSSR count). The number of hydrogen-bond donors (Lipinski definition) is 2. The van der Waals surface area contributed by atoms with Crippen molar-refractivity contribution >= 4 is 17.7 Å². The Kier molecular flexibility index (Phi) is 5.35. The summed E-state index contributed by atoms with van der Waals surface area (Å²) in [6.45, 7) is 3.22. The number of carbonyl (C=O) groups excluding carboxylic acids is 1. The van der Waals surface area contributed by atoms with E-state index < -0.39 is 0 Å². The zero-order valence-electron chi connectivity index (χ0n) is 9.69. The Morgan fingerprint density at radius 2 is 2.06 bits per heavy atom. The Bertz CT molecular complexity index is 337. The summed E-state index contributed by atoms with van der Waals surface area (Å²) in [4.78, 5) is 12.9. The highest BCUT2D eigenvalue weighted by Crippen LogP contribution is 2.14. The van der Waals surface area contributed by atoms with E-state index in [9.17, 15) is 4.79 Å². The quantitative estimate of drug-likeness (QED) is 0.768. The second-order valence-corrected chi connectivity index (χ2v) is 4.66. The smallest absolute Gasteiger partial charge is 0.251 e. The first kappa shape index (κ1) is 13.1. The predicted octanol–water partition coefficient (Wildman–Crippen LogP) is 1.73. The van der Waals surface area contributed by atoms with Crippen LogP contribution in [0.2, 0.25) is 0 Å². The van der Waals surface area contributed by atoms with Gasteiger partial charge in [0, 0.05) is 17.0 Å². The SMILES string of the molecule is CSc1ccc(C(=O)NCC(C)CN)cc1. The molecule has 3 nitrogen and oxygen atoms in total. The van der Waals surface area contributed by atoms with Crippen molar-refractivity contribution in [2.45, 2.75) is 11.8 Å². The molecule has 0 aliphatic rings. The maximum atomic E-state index is 11.7. The maximum absolute atomic E-state index is 11.7. The molecule has 0 aromatic heterocycles. The average Bonchev–Trinajstić information content (AvgIpc) is 2.35. The van der Waals surface area contributed by atoms with Crippen molar-refractivity contribution in [3.8, 4) is 0 Å². The van der Waals surface area contributed by atoms with Gasteiger partial charge in [0.1, 0.15) is 0 Å². The van der Waals surface area contributed by atoms with Crippen LogP contribution in [0.25, 0.3) is 0 Å². The summed E-state index contributed by atoms with van der Waals surface area (Å²) in [6, 6.07) is 7.58. The van der Waals surface area contributed by atoms with Gasteiger partial charge in [-0.2, -0.15) is 0 Å². The van der Waals surface area contributed by atoms with E-state index in [0.29, 0.717) is 24.6 Å². The highest BCUT2D eigenvalue weighted by molar-refractivity contribution is 7.98. The molecule has 1 aromatic rings. The summed E-state index contributed by atoms with van der Waals surface area (Å²) in [6.07, 6.45) is 2.01. The lowest BCUT2D eigenvalue weighted by molar-refractivity contribution is 0.0948. The molecule has 0 radical (unpaired) electrons. The van der Waals surface area contributed by atoms with E-state index in [4.69, 9.17) is 5.73 Å². The van der Waals surface area contributed by atoms with Crippen molar-refractivity contribution in [1.29, 1.82) is 0 Å². The molecule has 1 amide bonds. The molecule has 1 aromatic carbocycles. The van der Waals surface area contributed by atoms with Crippen molar-refractivity contribution in [3.05, 3.63) is 29.8 Å². The largest absolute Gasteiger partial charge is 0.352 e. The van der Waals surface area contributed by atoms with Gasteiger partial charge in [-0.05, 0) is 43.0 Å². The second-order valence-electron chi connectivity index (χ2n) is 3.78. The van der Waals surface area contributed by atoms with E-state index in [0.717, 1.165) is 4.90 Å². The molecular formula is C12H18N2OS. The number of nitrogens with one attached hydrogen (secondary N) is 1. The van der Waals surface area contributed by atoms with Gasteiger partial charge >= 0.3 is 0 Å². The summed E-state index contributed by atoms with van der Waals surface area (Å²) in [5.74, 6) is 0.280. The van der Waals surface area contributed by atoms with E-state index in [1.165, 1.54) is 0 Å². The van der Waals surface area contributed by atoms with Gasteiger partial charge in [-0.25, -0.2) is 0 Å². The first-order valence-corrected chi connectivity index (χ1v) is 6.52. The highest BCUT2D eigenvalue weighted by Gasteiger charge is 2.06. The van der Waals surface area contributed by atoms with Crippen LogP contribution < -0.4 is 11.1 Å². The van der Waals surface area contributed by atoms with Gasteiger partial charge in [0.15, 0.2) is 0 Å². The molecule has 0 heterocycles. The summed E-state index contributed by atoms with van der Waals surface area (Å²) in [7, 11) is 0. The van der Waals surface area contributed by atoms with Crippen LogP contribution in [0.3, 0.4) is 0 Å². The summed E-state index contributed by atoms with van der Waals surface area (Å²) in [5.41, 5.74) is 6.18. The Morgan fingerprint density at radius 3 is 2.56 bits per heavy atom. The summed E-state index contributed by atoms with van der Waals surface area (Å²) >= 11 is 1.66. The average molecular weight is 238 g/mol. The van der Waals surface area contributed by atoms with Crippen LogP contribution in [0.15, 0.2) is 29.2 Å². The minimum Gasteiger partial charge on any atom is -0.352 e. The lowest BCUT2D eigenvalue weighted by Gasteiger charge is -2.10. The monoisotopic (exact) mass is 238 g/mol. The van der Waals surface area contributed by atoms with Crippen molar-refractivity contribution in [3.63, 3.8) is 0 Å². The van der Waals surface area contributed by atoms with Gasteiger partial charge in [-0.3, -0.25) is 4.79 Å². The summed E-state index contributed by atoms with van der Waals surface area (Å²) < 4.78 is 0. The molecule has 0 spiro atoms. The fraction of sp³-hybridized carbons (Fsp3) is 0.417. The Balaban J connectivity index is 2.52. The molecular weight excluding hydrogens is 220 g/mol. The number of nitrogens with two attached hydrogens (primary N) is 1. The van der Waals surface area contributed by atoms with E-state index in [-0.39, 0.29) is 5.91 Å². The molecule has 1 unspecified atom stereocenters. The second kappa shape index (κ2) is 6.55. The molecule has 0 aliphatic heterocycles. The van der Waals surface area contributed by atoms with Gasteiger partial charge in [0.05, 0.1) is 0 Å². The Hall–Kier alpha value is -1.00. The highest BCUT2D eigenvalue weighted by atomic mass is 32.2. The lowest BCUT2D eigenvalue weighted by atomic mass is 10.1. The molecule has 0 saturated heterocycles. The topological polar surface area (TPSA) is 55.1 Å². The molecule has 0 fully saturated rings. The number of rotatable bonds is 5. The minimum atomic E-state index is -0.0343. The fourth-order valence-corrected chi connectivity index (χ4v) is 1.60. The minimum absolute atomic E-state index is 0.0343. The van der Waals surface area contributed by atoms with E-state index in [1.54, 1.807) is 11.8 Å². The van der Waals surface area contributed by atoms with Gasteiger partial charge in [-0.1, -0.05) is 6.92 Å². The van der Waals surface area contributed by atoms with E-state index in [1.807, 2.05) is 37.4 Å². The molecule has 0 bridgehead atoms. The number of hydrogen-bond acceptors (Lipinski definition) is 3. The third kappa shape index (κ3) is 3.87. The molecule has 0 saturated carbocycles. The van der Waals surface area contributed by atoms with Gasteiger partial charge in [-0.15, -0.1) is 11.8 Å². The number of amides is 1. The number of benzene rings is 1. The van der Waals surface area contributed by atoms with E-state index in [2.05, 4.69) is 5.32 Å². The van der Waals surface area contributed by atoms with Gasteiger partial charge < -0.3 is 11.1 Å². The Labute approximate surface area is 101 Å². The summed E-state index contributed by atoms with van der Waals surface area (Å²) in [5, 5.41) is 2.86. The van der Waals surface area contributed by atoms with Crippen LogP contribution >= 0.6 is 11.8 Å². The molecule has 1 atom stereocenters. The van der Waals surface area contributed by atoms with Crippen LogP contribution in [0.1, 0.15) is 17.3 Å². The van der Waals surface area contributed by atoms with Crippen molar-refractivity contribution in [2.75, 3.05) is 19.3 Å². The van der Waals surface area contributed by atoms with E-state index >= 15 is 0 Å². The zero-order chi connectivity index (χ0) is 12.0. The number of thioether (sulfide) groups is 1. The standard InChI is InChI=1S/C12H18N2OS/c1-9(7-13)8-14-12(15)10-3-5-11(16-2)6-4-10/h3-6,9H,7-8,13H2,1-2H3,(H,14,15). The Morgan fingerprint density at radius 1 is 1.44 bits per heavy atom. The molecule has 16 heavy (non-hydrogen) atoms. The van der Waals surface area contributed by atoms with Crippen LogP contribution in [0, 0.1) is 5.92 Å². The molecule has 3 N–H and O–H groups in total. The molecule has 0 aliphatic carbocycles. The van der Waals surface area contributed by atoms with Crippen LogP contribution in [0.4, 0.5) is 0 Å². The fourth-order valence-electron chi connectivity index (χ4n) is 1.19. The van der Waals surface area contributed by atoms with Crippen molar-refractivity contribution in [2.24, 2.45) is 11.7 Å². The van der Waals surface area contributed by atoms with Crippen molar-refractivity contribution in [1.82, 2.24) is 5.32 Å². The van der Waals surface area contributed by atoms with Crippen LogP contribution in [-0.4, -0.2) is 25.3 Å². The normalized spacial score (nSPS) is 12.2.